The van der Waals surface area contributed by atoms with E-state index in [-0.39, 0.29) is 4.90 Å². The molecule has 0 aliphatic carbocycles. The molecule has 1 unspecified atom stereocenters. The van der Waals surface area contributed by atoms with E-state index in [2.05, 4.69) is 9.71 Å². The van der Waals surface area contributed by atoms with Crippen LogP contribution in [0.2, 0.25) is 15.1 Å². The number of imidazole rings is 1. The second-order valence-electron chi connectivity index (χ2n) is 5.77. The zero-order chi connectivity index (χ0) is 19.1. The van der Waals surface area contributed by atoms with Crippen LogP contribution in [-0.4, -0.2) is 18.0 Å². The molecule has 0 fully saturated rings. The summed E-state index contributed by atoms with van der Waals surface area (Å²) in [5.74, 6) is 0.559. The normalized spacial score (nSPS) is 13.3. The van der Waals surface area contributed by atoms with E-state index in [1.165, 1.54) is 24.3 Å². The molecule has 0 radical (unpaired) electrons. The van der Waals surface area contributed by atoms with Gasteiger partial charge >= 0.3 is 0 Å². The Balaban J connectivity index is 2.01. The number of nitrogens with one attached hydrogen (secondary N) is 1. The molecule has 0 amide bonds. The first-order valence-electron chi connectivity index (χ1n) is 7.86. The van der Waals surface area contributed by atoms with Crippen LogP contribution in [0.15, 0.2) is 41.3 Å². The molecule has 0 aliphatic rings. The van der Waals surface area contributed by atoms with Crippen LogP contribution >= 0.6 is 34.8 Å². The van der Waals surface area contributed by atoms with Crippen molar-refractivity contribution in [1.82, 2.24) is 14.3 Å². The molecule has 0 saturated heterocycles. The van der Waals surface area contributed by atoms with Crippen molar-refractivity contribution in [1.29, 1.82) is 0 Å². The smallest absolute Gasteiger partial charge is 0.241 e. The van der Waals surface area contributed by atoms with Crippen molar-refractivity contribution < 1.29 is 8.42 Å². The van der Waals surface area contributed by atoms with Crippen LogP contribution in [0.3, 0.4) is 0 Å². The first-order chi connectivity index (χ1) is 12.2. The monoisotopic (exact) mass is 431 g/mol. The number of aromatic nitrogens is 2. The van der Waals surface area contributed by atoms with E-state index in [0.717, 1.165) is 5.52 Å². The summed E-state index contributed by atoms with van der Waals surface area (Å²) in [7, 11) is -3.73. The van der Waals surface area contributed by atoms with Gasteiger partial charge in [0.25, 0.3) is 0 Å². The number of sulfonamides is 1. The molecule has 0 aliphatic heterocycles. The Kier molecular flexibility index (Phi) is 5.51. The minimum Gasteiger partial charge on any atom is -0.326 e. The molecule has 3 aromatic rings. The van der Waals surface area contributed by atoms with Crippen molar-refractivity contribution >= 4 is 55.9 Å². The van der Waals surface area contributed by atoms with Crippen LogP contribution in [0.25, 0.3) is 11.0 Å². The number of benzene rings is 2. The maximum atomic E-state index is 12.6. The molecular formula is C17H16Cl3N3O2S. The maximum absolute atomic E-state index is 12.6. The fraction of sp³-hybridized carbons (Fsp3) is 0.235. The van der Waals surface area contributed by atoms with Gasteiger partial charge in [-0.1, -0.05) is 34.8 Å². The lowest BCUT2D eigenvalue weighted by molar-refractivity contribution is 0.549. The zero-order valence-corrected chi connectivity index (χ0v) is 17.1. The van der Waals surface area contributed by atoms with E-state index < -0.39 is 16.1 Å². The third kappa shape index (κ3) is 3.70. The van der Waals surface area contributed by atoms with Crippen molar-refractivity contribution in [3.8, 4) is 0 Å². The summed E-state index contributed by atoms with van der Waals surface area (Å²) in [4.78, 5) is 4.68. The minimum absolute atomic E-state index is 0.133. The lowest BCUT2D eigenvalue weighted by Crippen LogP contribution is -2.28. The van der Waals surface area contributed by atoms with Crippen LogP contribution < -0.4 is 4.72 Å². The highest BCUT2D eigenvalue weighted by atomic mass is 35.5. The number of rotatable bonds is 5. The van der Waals surface area contributed by atoms with Crippen molar-refractivity contribution in [2.75, 3.05) is 0 Å². The quantitative estimate of drug-likeness (QED) is 0.613. The van der Waals surface area contributed by atoms with Gasteiger partial charge in [0, 0.05) is 16.6 Å². The minimum atomic E-state index is -3.73. The average molecular weight is 433 g/mol. The van der Waals surface area contributed by atoms with Gasteiger partial charge in [-0.2, -0.15) is 0 Å². The number of aryl methyl sites for hydroxylation is 1. The predicted molar refractivity (Wildman–Crippen MR) is 106 cm³/mol. The molecule has 9 heteroatoms. The van der Waals surface area contributed by atoms with E-state index in [4.69, 9.17) is 34.8 Å². The molecule has 1 heterocycles. The summed E-state index contributed by atoms with van der Waals surface area (Å²) in [5.41, 5.74) is 1.35. The summed E-state index contributed by atoms with van der Waals surface area (Å²) < 4.78 is 29.8. The van der Waals surface area contributed by atoms with Gasteiger partial charge in [0.2, 0.25) is 10.0 Å². The zero-order valence-electron chi connectivity index (χ0n) is 14.0. The molecule has 0 spiro atoms. The van der Waals surface area contributed by atoms with Crippen LogP contribution in [0.5, 0.6) is 0 Å². The second-order valence-corrected chi connectivity index (χ2v) is 8.76. The fourth-order valence-corrected chi connectivity index (χ4v) is 4.73. The standard InChI is InChI=1S/C17H16Cl3N3O2S/c1-3-23-16-14(20)8-12(19)9-15(16)21-17(23)10(2)22-26(24,25)13-6-4-11(18)5-7-13/h4-10,22H,3H2,1-2H3. The number of halogens is 3. The molecule has 1 aromatic heterocycles. The molecule has 0 bridgehead atoms. The van der Waals surface area contributed by atoms with E-state index in [1.54, 1.807) is 19.1 Å². The number of hydrogen-bond acceptors (Lipinski definition) is 3. The molecule has 0 saturated carbocycles. The van der Waals surface area contributed by atoms with Gasteiger partial charge < -0.3 is 4.57 Å². The van der Waals surface area contributed by atoms with Gasteiger partial charge in [-0.3, -0.25) is 0 Å². The number of nitrogens with zero attached hydrogens (tertiary/aromatic N) is 2. The predicted octanol–water partition coefficient (Wildman–Crippen LogP) is 5.06. The summed E-state index contributed by atoms with van der Waals surface area (Å²) in [5, 5.41) is 1.42. The molecule has 1 N–H and O–H groups in total. The molecule has 26 heavy (non-hydrogen) atoms. The SMILES string of the molecule is CCn1c(C(C)NS(=O)(=O)c2ccc(Cl)cc2)nc2cc(Cl)cc(Cl)c21. The average Bonchev–Trinajstić information content (AvgIpc) is 2.93. The highest BCUT2D eigenvalue weighted by Gasteiger charge is 2.23. The highest BCUT2D eigenvalue weighted by Crippen LogP contribution is 2.31. The fourth-order valence-electron chi connectivity index (χ4n) is 2.82. The molecule has 5 nitrogen and oxygen atoms in total. The van der Waals surface area contributed by atoms with Crippen molar-refractivity contribution in [3.05, 3.63) is 57.3 Å². The van der Waals surface area contributed by atoms with E-state index in [1.807, 2.05) is 11.5 Å². The maximum Gasteiger partial charge on any atom is 0.241 e. The van der Waals surface area contributed by atoms with Crippen LogP contribution in [0.4, 0.5) is 0 Å². The third-order valence-corrected chi connectivity index (χ3v) is 6.26. The van der Waals surface area contributed by atoms with E-state index >= 15 is 0 Å². The highest BCUT2D eigenvalue weighted by molar-refractivity contribution is 7.89. The molecule has 3 rings (SSSR count). The summed E-state index contributed by atoms with van der Waals surface area (Å²) in [6.07, 6.45) is 0. The number of hydrogen-bond donors (Lipinski definition) is 1. The first kappa shape index (κ1) is 19.5. The first-order valence-corrected chi connectivity index (χ1v) is 10.5. The van der Waals surface area contributed by atoms with Gasteiger partial charge in [-0.25, -0.2) is 18.1 Å². The molecule has 1 atom stereocenters. The summed E-state index contributed by atoms with van der Waals surface area (Å²) >= 11 is 18.2. The third-order valence-electron chi connectivity index (χ3n) is 3.95. The van der Waals surface area contributed by atoms with Crippen molar-refractivity contribution in [2.45, 2.75) is 31.3 Å². The Morgan fingerprint density at radius 2 is 1.77 bits per heavy atom. The largest absolute Gasteiger partial charge is 0.326 e. The van der Waals surface area contributed by atoms with Crippen LogP contribution in [-0.2, 0) is 16.6 Å². The summed E-state index contributed by atoms with van der Waals surface area (Å²) in [6.45, 7) is 4.26. The Hall–Kier alpha value is -1.31. The van der Waals surface area contributed by atoms with Crippen molar-refractivity contribution in [3.63, 3.8) is 0 Å². The van der Waals surface area contributed by atoms with Crippen LogP contribution in [0, 0.1) is 0 Å². The Morgan fingerprint density at radius 3 is 2.38 bits per heavy atom. The van der Waals surface area contributed by atoms with Gasteiger partial charge in [-0.15, -0.1) is 0 Å². The molecule has 138 valence electrons. The molecular weight excluding hydrogens is 417 g/mol. The number of fused-ring (bicyclic) bond motifs is 1. The Bertz CT molecular complexity index is 1060. The topological polar surface area (TPSA) is 64.0 Å². The van der Waals surface area contributed by atoms with Gasteiger partial charge in [0.1, 0.15) is 5.82 Å². The van der Waals surface area contributed by atoms with E-state index in [9.17, 15) is 8.42 Å². The van der Waals surface area contributed by atoms with Crippen molar-refractivity contribution in [2.24, 2.45) is 0 Å². The Labute approximate surface area is 166 Å². The molecule has 2 aromatic carbocycles. The Morgan fingerprint density at radius 1 is 1.12 bits per heavy atom. The lowest BCUT2D eigenvalue weighted by Gasteiger charge is -2.16. The van der Waals surface area contributed by atoms with Crippen LogP contribution in [0.1, 0.15) is 25.7 Å². The second kappa shape index (κ2) is 7.37. The van der Waals surface area contributed by atoms with E-state index in [0.29, 0.717) is 33.0 Å². The van der Waals surface area contributed by atoms with Gasteiger partial charge in [-0.05, 0) is 50.2 Å². The lowest BCUT2D eigenvalue weighted by atomic mass is 10.3. The van der Waals surface area contributed by atoms with Gasteiger partial charge in [0.05, 0.1) is 27.0 Å². The summed E-state index contributed by atoms with van der Waals surface area (Å²) in [6, 6.07) is 8.75. The van der Waals surface area contributed by atoms with Gasteiger partial charge in [0.15, 0.2) is 0 Å².